The Hall–Kier alpha value is -0.400. The van der Waals surface area contributed by atoms with Gasteiger partial charge in [-0.25, -0.2) is 0 Å². The smallest absolute Gasteiger partial charge is 0.139 e. The van der Waals surface area contributed by atoms with Crippen molar-refractivity contribution in [1.82, 2.24) is 0 Å². The minimum Gasteiger partial charge on any atom is -0.492 e. The van der Waals surface area contributed by atoms with Gasteiger partial charge in [-0.05, 0) is 25.0 Å². The summed E-state index contributed by atoms with van der Waals surface area (Å²) in [6.45, 7) is 4.55. The Kier molecular flexibility index (Phi) is 3.89. The largest absolute Gasteiger partial charge is 0.492 e. The first-order valence-corrected chi connectivity index (χ1v) is 5.06. The Labute approximate surface area is 88.6 Å². The van der Waals surface area contributed by atoms with Gasteiger partial charge in [-0.2, -0.15) is 0 Å². The number of halogens is 2. The molecule has 0 aliphatic heterocycles. The number of hydrogen-bond donors (Lipinski definition) is 0. The highest BCUT2D eigenvalue weighted by Gasteiger charge is 2.08. The highest BCUT2D eigenvalue weighted by atomic mass is 35.5. The van der Waals surface area contributed by atoms with Crippen LogP contribution in [-0.2, 0) is 6.42 Å². The molecule has 0 spiro atoms. The maximum atomic E-state index is 6.02. The van der Waals surface area contributed by atoms with Gasteiger partial charge in [-0.3, -0.25) is 0 Å². The molecule has 0 aromatic heterocycles. The lowest BCUT2D eigenvalue weighted by Gasteiger charge is -2.09. The molecule has 1 nitrogen and oxygen atoms in total. The molecule has 0 aliphatic rings. The van der Waals surface area contributed by atoms with Gasteiger partial charge in [0.25, 0.3) is 0 Å². The molecule has 72 valence electrons. The molecule has 0 saturated carbocycles. The van der Waals surface area contributed by atoms with Crippen LogP contribution in [0.3, 0.4) is 0 Å². The van der Waals surface area contributed by atoms with Gasteiger partial charge in [-0.15, -0.1) is 0 Å². The molecule has 0 amide bonds. The van der Waals surface area contributed by atoms with E-state index in [0.717, 1.165) is 12.0 Å². The second kappa shape index (κ2) is 4.73. The Morgan fingerprint density at radius 2 is 1.85 bits per heavy atom. The molecule has 0 atom stereocenters. The van der Waals surface area contributed by atoms with E-state index >= 15 is 0 Å². The van der Waals surface area contributed by atoms with Crippen molar-refractivity contribution in [3.05, 3.63) is 27.7 Å². The van der Waals surface area contributed by atoms with Crippen LogP contribution in [0.1, 0.15) is 19.4 Å². The van der Waals surface area contributed by atoms with E-state index in [1.807, 2.05) is 26.0 Å². The lowest BCUT2D eigenvalue weighted by molar-refractivity contribution is 0.340. The average Bonchev–Trinajstić information content (AvgIpc) is 2.14. The number of aryl methyl sites for hydroxylation is 1. The lowest BCUT2D eigenvalue weighted by Crippen LogP contribution is -1.94. The monoisotopic (exact) mass is 218 g/mol. The summed E-state index contributed by atoms with van der Waals surface area (Å²) in [6.07, 6.45) is 0.880. The van der Waals surface area contributed by atoms with E-state index in [1.165, 1.54) is 0 Å². The van der Waals surface area contributed by atoms with Gasteiger partial charge < -0.3 is 4.74 Å². The van der Waals surface area contributed by atoms with Crippen LogP contribution in [0.25, 0.3) is 0 Å². The fourth-order valence-corrected chi connectivity index (χ4v) is 1.64. The van der Waals surface area contributed by atoms with Crippen LogP contribution >= 0.6 is 23.2 Å². The summed E-state index contributed by atoms with van der Waals surface area (Å²) < 4.78 is 5.30. The number of benzene rings is 1. The van der Waals surface area contributed by atoms with Crippen molar-refractivity contribution in [2.24, 2.45) is 0 Å². The Morgan fingerprint density at radius 3 is 2.38 bits per heavy atom. The molecule has 0 saturated heterocycles. The van der Waals surface area contributed by atoms with E-state index in [4.69, 9.17) is 27.9 Å². The van der Waals surface area contributed by atoms with Crippen molar-refractivity contribution in [3.63, 3.8) is 0 Å². The quantitative estimate of drug-likeness (QED) is 0.747. The van der Waals surface area contributed by atoms with E-state index in [-0.39, 0.29) is 0 Å². The minimum absolute atomic E-state index is 0.517. The van der Waals surface area contributed by atoms with Gasteiger partial charge in [0.1, 0.15) is 10.8 Å². The van der Waals surface area contributed by atoms with Gasteiger partial charge in [-0.1, -0.05) is 36.2 Å². The molecular weight excluding hydrogens is 207 g/mol. The molecule has 0 fully saturated rings. The van der Waals surface area contributed by atoms with Crippen molar-refractivity contribution in [2.45, 2.75) is 20.3 Å². The third-order valence-corrected chi connectivity index (χ3v) is 2.71. The summed E-state index contributed by atoms with van der Waals surface area (Å²) in [4.78, 5) is 0. The van der Waals surface area contributed by atoms with Crippen LogP contribution < -0.4 is 4.74 Å². The summed E-state index contributed by atoms with van der Waals surface area (Å²) in [5.74, 6) is 0.659. The van der Waals surface area contributed by atoms with Crippen LogP contribution in [0.15, 0.2) is 12.1 Å². The van der Waals surface area contributed by atoms with Gasteiger partial charge in [0.15, 0.2) is 0 Å². The van der Waals surface area contributed by atoms with Crippen molar-refractivity contribution >= 4 is 23.2 Å². The zero-order chi connectivity index (χ0) is 9.84. The molecule has 1 rings (SSSR count). The highest BCUT2D eigenvalue weighted by Crippen LogP contribution is 2.34. The Bertz CT molecular complexity index is 297. The molecule has 3 heteroatoms. The van der Waals surface area contributed by atoms with Crippen LogP contribution in [0.2, 0.25) is 10.0 Å². The number of hydrogen-bond acceptors (Lipinski definition) is 1. The minimum atomic E-state index is 0.517. The summed E-state index contributed by atoms with van der Waals surface area (Å²) in [5.41, 5.74) is 1.05. The van der Waals surface area contributed by atoms with E-state index in [9.17, 15) is 0 Å². The van der Waals surface area contributed by atoms with E-state index in [0.29, 0.717) is 22.4 Å². The number of rotatable bonds is 3. The van der Waals surface area contributed by atoms with Gasteiger partial charge in [0, 0.05) is 0 Å². The summed E-state index contributed by atoms with van der Waals surface area (Å²) in [7, 11) is 0. The predicted molar refractivity (Wildman–Crippen MR) is 57.0 cm³/mol. The third kappa shape index (κ3) is 2.29. The second-order valence-electron chi connectivity index (χ2n) is 2.64. The van der Waals surface area contributed by atoms with E-state index in [1.54, 1.807) is 0 Å². The van der Waals surface area contributed by atoms with Crippen LogP contribution in [0.5, 0.6) is 5.75 Å². The SMILES string of the molecule is CCOc1ccc(CC)c(Cl)c1Cl. The number of ether oxygens (including phenoxy) is 1. The molecule has 1 aromatic carbocycles. The summed E-state index contributed by atoms with van der Waals surface area (Å²) in [6, 6.07) is 3.80. The maximum absolute atomic E-state index is 6.02. The normalized spacial score (nSPS) is 10.2. The van der Waals surface area contributed by atoms with Gasteiger partial charge in [0.2, 0.25) is 0 Å². The molecule has 0 bridgehead atoms. The highest BCUT2D eigenvalue weighted by molar-refractivity contribution is 6.43. The fourth-order valence-electron chi connectivity index (χ4n) is 1.11. The summed E-state index contributed by atoms with van der Waals surface area (Å²) >= 11 is 12.0. The van der Waals surface area contributed by atoms with Gasteiger partial charge in [0.05, 0.1) is 11.6 Å². The molecule has 0 radical (unpaired) electrons. The molecule has 0 unspecified atom stereocenters. The summed E-state index contributed by atoms with van der Waals surface area (Å²) in [5, 5.41) is 1.12. The van der Waals surface area contributed by atoms with E-state index in [2.05, 4.69) is 0 Å². The van der Waals surface area contributed by atoms with Crippen molar-refractivity contribution < 1.29 is 4.74 Å². The van der Waals surface area contributed by atoms with E-state index < -0.39 is 0 Å². The Morgan fingerprint density at radius 1 is 1.15 bits per heavy atom. The van der Waals surface area contributed by atoms with Crippen molar-refractivity contribution in [3.8, 4) is 5.75 Å². The first-order chi connectivity index (χ1) is 6.20. The standard InChI is InChI=1S/C10H12Cl2O/c1-3-7-5-6-8(13-4-2)10(12)9(7)11/h5-6H,3-4H2,1-2H3. The first kappa shape index (κ1) is 10.7. The molecule has 0 N–H and O–H groups in total. The predicted octanol–water partition coefficient (Wildman–Crippen LogP) is 3.95. The van der Waals surface area contributed by atoms with Crippen molar-refractivity contribution in [2.75, 3.05) is 6.61 Å². The fraction of sp³-hybridized carbons (Fsp3) is 0.400. The lowest BCUT2D eigenvalue weighted by atomic mass is 10.1. The van der Waals surface area contributed by atoms with Gasteiger partial charge >= 0.3 is 0 Å². The van der Waals surface area contributed by atoms with Crippen LogP contribution in [0, 0.1) is 0 Å². The second-order valence-corrected chi connectivity index (χ2v) is 3.39. The average molecular weight is 219 g/mol. The van der Waals surface area contributed by atoms with Crippen LogP contribution in [-0.4, -0.2) is 6.61 Å². The maximum Gasteiger partial charge on any atom is 0.139 e. The topological polar surface area (TPSA) is 9.23 Å². The first-order valence-electron chi connectivity index (χ1n) is 4.30. The zero-order valence-electron chi connectivity index (χ0n) is 7.73. The zero-order valence-corrected chi connectivity index (χ0v) is 9.24. The molecule has 1 aromatic rings. The van der Waals surface area contributed by atoms with Crippen molar-refractivity contribution in [1.29, 1.82) is 0 Å². The molecule has 0 aliphatic carbocycles. The molecule has 0 heterocycles. The Balaban J connectivity index is 3.07. The van der Waals surface area contributed by atoms with Crippen LogP contribution in [0.4, 0.5) is 0 Å². The molecule has 13 heavy (non-hydrogen) atoms. The third-order valence-electron chi connectivity index (χ3n) is 1.81. The molecular formula is C10H12Cl2O.